The Balaban J connectivity index is 2.15. The zero-order valence-corrected chi connectivity index (χ0v) is 4.63. The Kier molecular flexibility index (Phi) is 0.546. The maximum atomic E-state index is 4.57. The fourth-order valence-corrected chi connectivity index (χ4v) is 0.428. The third-order valence-corrected chi connectivity index (χ3v) is 1.49. The molecule has 2 fully saturated rings. The van der Waals surface area contributed by atoms with Gasteiger partial charge in [0.1, 0.15) is 0 Å². The molecule has 4 heteroatoms. The van der Waals surface area contributed by atoms with E-state index in [2.05, 4.69) is 19.6 Å². The largest absolute Gasteiger partial charge is 0.289 e. The van der Waals surface area contributed by atoms with E-state index in [1.165, 1.54) is 0 Å². The van der Waals surface area contributed by atoms with Crippen LogP contribution in [-0.2, 0) is 19.6 Å². The number of rotatable bonds is 1. The summed E-state index contributed by atoms with van der Waals surface area (Å²) in [5, 5.41) is 0. The van der Waals surface area contributed by atoms with Gasteiger partial charge in [0.15, 0.2) is 0 Å². The number of hydrogen-bond donors (Lipinski definition) is 0. The highest BCUT2D eigenvalue weighted by Crippen LogP contribution is 2.50. The monoisotopic (exact) mass is 118 g/mol. The molecule has 0 spiro atoms. The maximum Gasteiger partial charge on any atom is 0.289 e. The SMILES string of the molecule is CC1(C2(C)OO2)OO1. The van der Waals surface area contributed by atoms with E-state index in [1.807, 2.05) is 0 Å². The molecular formula is C4H6O4. The molecule has 0 N–H and O–H groups in total. The Hall–Kier alpha value is -0.160. The van der Waals surface area contributed by atoms with E-state index >= 15 is 0 Å². The van der Waals surface area contributed by atoms with Crippen LogP contribution in [0.3, 0.4) is 0 Å². The first-order valence-electron chi connectivity index (χ1n) is 2.40. The van der Waals surface area contributed by atoms with E-state index in [9.17, 15) is 0 Å². The first-order valence-corrected chi connectivity index (χ1v) is 2.40. The lowest BCUT2D eigenvalue weighted by Gasteiger charge is -1.95. The van der Waals surface area contributed by atoms with Crippen LogP contribution in [0.4, 0.5) is 0 Å². The molecule has 2 aliphatic rings. The summed E-state index contributed by atoms with van der Waals surface area (Å²) in [6.45, 7) is 3.50. The maximum absolute atomic E-state index is 4.57. The van der Waals surface area contributed by atoms with Crippen molar-refractivity contribution >= 4 is 0 Å². The Bertz CT molecular complexity index is 108. The summed E-state index contributed by atoms with van der Waals surface area (Å²) in [6.07, 6.45) is 0. The molecule has 0 aromatic carbocycles. The molecule has 0 aromatic heterocycles. The van der Waals surface area contributed by atoms with Crippen molar-refractivity contribution in [2.75, 3.05) is 0 Å². The second-order valence-corrected chi connectivity index (χ2v) is 2.22. The molecule has 46 valence electrons. The second kappa shape index (κ2) is 0.930. The molecule has 2 saturated heterocycles. The lowest BCUT2D eigenvalue weighted by molar-refractivity contribution is 0.0850. The fourth-order valence-electron chi connectivity index (χ4n) is 0.428. The normalized spacial score (nSPS) is 36.8. The van der Waals surface area contributed by atoms with Crippen molar-refractivity contribution in [2.45, 2.75) is 25.4 Å². The standard InChI is InChI=1S/C4H6O4/c1-3(5-6-3)4(2)7-8-4/h1-2H3. The van der Waals surface area contributed by atoms with Crippen molar-refractivity contribution in [1.82, 2.24) is 0 Å². The smallest absolute Gasteiger partial charge is 0.189 e. The van der Waals surface area contributed by atoms with Gasteiger partial charge in [-0.15, -0.1) is 0 Å². The summed E-state index contributed by atoms with van der Waals surface area (Å²) in [4.78, 5) is 18.3. The van der Waals surface area contributed by atoms with Gasteiger partial charge in [0.05, 0.1) is 0 Å². The predicted molar refractivity (Wildman–Crippen MR) is 21.1 cm³/mol. The van der Waals surface area contributed by atoms with E-state index < -0.39 is 11.6 Å². The van der Waals surface area contributed by atoms with Crippen LogP contribution in [0.5, 0.6) is 0 Å². The zero-order chi connectivity index (χ0) is 5.83. The third-order valence-electron chi connectivity index (χ3n) is 1.49. The Morgan fingerprint density at radius 1 is 0.750 bits per heavy atom. The summed E-state index contributed by atoms with van der Waals surface area (Å²) in [5.41, 5.74) is 0. The fraction of sp³-hybridized carbons (Fsp3) is 1.00. The minimum absolute atomic E-state index is 0.646. The van der Waals surface area contributed by atoms with Crippen molar-refractivity contribution in [3.8, 4) is 0 Å². The molecule has 2 heterocycles. The van der Waals surface area contributed by atoms with Crippen molar-refractivity contribution in [2.24, 2.45) is 0 Å². The van der Waals surface area contributed by atoms with Crippen LogP contribution in [0.15, 0.2) is 0 Å². The van der Waals surface area contributed by atoms with Gasteiger partial charge in [-0.1, -0.05) is 0 Å². The topological polar surface area (TPSA) is 50.1 Å². The van der Waals surface area contributed by atoms with E-state index in [0.29, 0.717) is 0 Å². The molecule has 0 aliphatic carbocycles. The average Bonchev–Trinajstić information content (AvgIpc) is 2.46. The van der Waals surface area contributed by atoms with E-state index in [1.54, 1.807) is 13.8 Å². The van der Waals surface area contributed by atoms with Gasteiger partial charge in [0.25, 0.3) is 11.6 Å². The van der Waals surface area contributed by atoms with Crippen LogP contribution in [0, 0.1) is 0 Å². The molecule has 0 atom stereocenters. The Labute approximate surface area is 46.1 Å². The predicted octanol–water partition coefficient (Wildman–Crippen LogP) is 0.342. The molecule has 0 bridgehead atoms. The van der Waals surface area contributed by atoms with Crippen LogP contribution in [0.1, 0.15) is 13.8 Å². The molecule has 0 saturated carbocycles. The number of hydrogen-bond acceptors (Lipinski definition) is 4. The molecule has 2 rings (SSSR count). The Morgan fingerprint density at radius 3 is 1.12 bits per heavy atom. The van der Waals surface area contributed by atoms with Crippen LogP contribution >= 0.6 is 0 Å². The van der Waals surface area contributed by atoms with Gasteiger partial charge in [-0.25, -0.2) is 0 Å². The van der Waals surface area contributed by atoms with Crippen LogP contribution in [0.25, 0.3) is 0 Å². The summed E-state index contributed by atoms with van der Waals surface area (Å²) >= 11 is 0. The lowest BCUT2D eigenvalue weighted by atomic mass is 10.2. The van der Waals surface area contributed by atoms with Gasteiger partial charge < -0.3 is 0 Å². The molecule has 8 heavy (non-hydrogen) atoms. The van der Waals surface area contributed by atoms with E-state index in [0.717, 1.165) is 0 Å². The van der Waals surface area contributed by atoms with Crippen molar-refractivity contribution in [3.05, 3.63) is 0 Å². The average molecular weight is 118 g/mol. The van der Waals surface area contributed by atoms with Gasteiger partial charge in [0, 0.05) is 13.8 Å². The van der Waals surface area contributed by atoms with Crippen molar-refractivity contribution in [1.29, 1.82) is 0 Å². The quantitative estimate of drug-likeness (QED) is 0.368. The van der Waals surface area contributed by atoms with Gasteiger partial charge in [-0.2, -0.15) is 19.6 Å². The Morgan fingerprint density at radius 2 is 1.00 bits per heavy atom. The van der Waals surface area contributed by atoms with Gasteiger partial charge in [0.2, 0.25) is 0 Å². The lowest BCUT2D eigenvalue weighted by Crippen LogP contribution is -2.25. The summed E-state index contributed by atoms with van der Waals surface area (Å²) in [6, 6.07) is 0. The third kappa shape index (κ3) is 0.385. The molecule has 0 unspecified atom stereocenters. The molecule has 2 aliphatic heterocycles. The highest BCUT2D eigenvalue weighted by molar-refractivity contribution is 4.87. The molecule has 0 radical (unpaired) electrons. The van der Waals surface area contributed by atoms with Crippen LogP contribution in [-0.4, -0.2) is 11.6 Å². The molecule has 4 nitrogen and oxygen atoms in total. The minimum atomic E-state index is -0.646. The zero-order valence-electron chi connectivity index (χ0n) is 4.63. The van der Waals surface area contributed by atoms with E-state index in [-0.39, 0.29) is 0 Å². The first-order chi connectivity index (χ1) is 3.66. The van der Waals surface area contributed by atoms with Crippen LogP contribution < -0.4 is 0 Å². The molecular weight excluding hydrogens is 112 g/mol. The summed E-state index contributed by atoms with van der Waals surface area (Å²) in [5.74, 6) is -1.29. The van der Waals surface area contributed by atoms with Gasteiger partial charge in [-0.3, -0.25) is 0 Å². The second-order valence-electron chi connectivity index (χ2n) is 2.22. The summed E-state index contributed by atoms with van der Waals surface area (Å²) in [7, 11) is 0. The van der Waals surface area contributed by atoms with Crippen LogP contribution in [0.2, 0.25) is 0 Å². The van der Waals surface area contributed by atoms with Crippen molar-refractivity contribution < 1.29 is 19.6 Å². The van der Waals surface area contributed by atoms with Crippen molar-refractivity contribution in [3.63, 3.8) is 0 Å². The van der Waals surface area contributed by atoms with Gasteiger partial charge in [-0.05, 0) is 0 Å². The highest BCUT2D eigenvalue weighted by Gasteiger charge is 2.71. The first kappa shape index (κ1) is 4.69. The minimum Gasteiger partial charge on any atom is -0.189 e. The van der Waals surface area contributed by atoms with Gasteiger partial charge >= 0.3 is 0 Å². The molecule has 0 aromatic rings. The summed E-state index contributed by atoms with van der Waals surface area (Å²) < 4.78 is 0. The molecule has 0 amide bonds. The van der Waals surface area contributed by atoms with E-state index in [4.69, 9.17) is 0 Å². The highest BCUT2D eigenvalue weighted by atomic mass is 17.5.